The molecule has 0 saturated heterocycles. The molecule has 0 unspecified atom stereocenters. The van der Waals surface area contributed by atoms with Gasteiger partial charge in [-0.1, -0.05) is 15.9 Å². The van der Waals surface area contributed by atoms with Crippen molar-refractivity contribution in [1.82, 2.24) is 0 Å². The molecule has 0 aliphatic carbocycles. The van der Waals surface area contributed by atoms with Crippen molar-refractivity contribution in [1.29, 1.82) is 5.26 Å². The molecule has 0 atom stereocenters. The number of alkyl halides is 2. The first-order valence-corrected chi connectivity index (χ1v) is 5.02. The van der Waals surface area contributed by atoms with Crippen molar-refractivity contribution in [3.05, 3.63) is 28.2 Å². The van der Waals surface area contributed by atoms with Crippen molar-refractivity contribution in [3.8, 4) is 6.07 Å². The quantitative estimate of drug-likeness (QED) is 0.847. The van der Waals surface area contributed by atoms with E-state index >= 15 is 0 Å². The molecule has 0 spiro atoms. The Kier molecular flexibility index (Phi) is 4.04. The van der Waals surface area contributed by atoms with Crippen molar-refractivity contribution in [2.24, 2.45) is 0 Å². The molecule has 0 aliphatic heterocycles. The number of hydrogen-bond acceptors (Lipinski definition) is 2. The molecule has 0 heterocycles. The van der Waals surface area contributed by atoms with Crippen molar-refractivity contribution in [3.63, 3.8) is 0 Å². The molecule has 0 amide bonds. The normalized spacial score (nSPS) is 10.1. The molecule has 0 saturated carbocycles. The highest BCUT2D eigenvalue weighted by Crippen LogP contribution is 2.22. The van der Waals surface area contributed by atoms with Crippen LogP contribution < -0.4 is 4.90 Å². The lowest BCUT2D eigenvalue weighted by Crippen LogP contribution is -2.23. The Labute approximate surface area is 95.2 Å². The van der Waals surface area contributed by atoms with Crippen molar-refractivity contribution < 1.29 is 8.78 Å². The molecule has 1 aromatic rings. The number of nitrogens with zero attached hydrogens (tertiary/aromatic N) is 2. The van der Waals surface area contributed by atoms with Gasteiger partial charge in [-0.25, -0.2) is 8.78 Å². The maximum atomic E-state index is 12.1. The summed E-state index contributed by atoms with van der Waals surface area (Å²) in [5.74, 6) is 0. The number of hydrogen-bond donors (Lipinski definition) is 0. The summed E-state index contributed by atoms with van der Waals surface area (Å²) in [7, 11) is 1.56. The zero-order valence-corrected chi connectivity index (χ0v) is 9.63. The Hall–Kier alpha value is -1.15. The van der Waals surface area contributed by atoms with E-state index in [1.165, 1.54) is 4.90 Å². The lowest BCUT2D eigenvalue weighted by molar-refractivity contribution is 0.156. The van der Waals surface area contributed by atoms with Crippen LogP contribution in [0, 0.1) is 11.3 Å². The molecule has 0 aromatic heterocycles. The first-order chi connectivity index (χ1) is 7.02. The second-order valence-corrected chi connectivity index (χ2v) is 4.00. The minimum atomic E-state index is -2.39. The van der Waals surface area contributed by atoms with Crippen LogP contribution in [0.3, 0.4) is 0 Å². The molecular formula is C10H9BrF2N2. The zero-order chi connectivity index (χ0) is 11.4. The predicted octanol–water partition coefficient (Wildman–Crippen LogP) is 3.02. The molecule has 0 radical (unpaired) electrons. The van der Waals surface area contributed by atoms with Gasteiger partial charge in [0.15, 0.2) is 0 Å². The van der Waals surface area contributed by atoms with Crippen molar-refractivity contribution >= 4 is 21.6 Å². The van der Waals surface area contributed by atoms with E-state index in [4.69, 9.17) is 5.26 Å². The van der Waals surface area contributed by atoms with Gasteiger partial charge in [-0.3, -0.25) is 0 Å². The lowest BCUT2D eigenvalue weighted by Gasteiger charge is -2.19. The average Bonchev–Trinajstić information content (AvgIpc) is 2.15. The minimum Gasteiger partial charge on any atom is -0.369 e. The third-order valence-corrected chi connectivity index (χ3v) is 2.32. The van der Waals surface area contributed by atoms with E-state index in [1.807, 2.05) is 6.07 Å². The number of halogens is 3. The first-order valence-electron chi connectivity index (χ1n) is 4.23. The molecule has 15 heavy (non-hydrogen) atoms. The highest BCUT2D eigenvalue weighted by atomic mass is 79.9. The summed E-state index contributed by atoms with van der Waals surface area (Å²) < 4.78 is 25.0. The number of anilines is 1. The van der Waals surface area contributed by atoms with Gasteiger partial charge in [0, 0.05) is 17.2 Å². The van der Waals surface area contributed by atoms with E-state index in [0.29, 0.717) is 15.7 Å². The SMILES string of the molecule is CN(CC(F)F)c1cc(Br)cc(C#N)c1. The number of benzene rings is 1. The summed E-state index contributed by atoms with van der Waals surface area (Å²) >= 11 is 3.22. The van der Waals surface area contributed by atoms with Crippen LogP contribution in [-0.4, -0.2) is 20.0 Å². The van der Waals surface area contributed by atoms with E-state index < -0.39 is 6.43 Å². The Morgan fingerprint density at radius 3 is 2.67 bits per heavy atom. The lowest BCUT2D eigenvalue weighted by atomic mass is 10.2. The molecule has 5 heteroatoms. The molecule has 0 N–H and O–H groups in total. The summed E-state index contributed by atoms with van der Waals surface area (Å²) in [6, 6.07) is 6.88. The third-order valence-electron chi connectivity index (χ3n) is 1.86. The fourth-order valence-electron chi connectivity index (χ4n) is 1.17. The topological polar surface area (TPSA) is 27.0 Å². The van der Waals surface area contributed by atoms with Crippen LogP contribution in [0.1, 0.15) is 5.56 Å². The van der Waals surface area contributed by atoms with E-state index in [2.05, 4.69) is 15.9 Å². The monoisotopic (exact) mass is 274 g/mol. The van der Waals surface area contributed by atoms with E-state index in [9.17, 15) is 8.78 Å². The van der Waals surface area contributed by atoms with E-state index in [-0.39, 0.29) is 6.54 Å². The van der Waals surface area contributed by atoms with Crippen molar-refractivity contribution in [2.45, 2.75) is 6.43 Å². The molecule has 1 aromatic carbocycles. The van der Waals surface area contributed by atoms with Gasteiger partial charge in [-0.2, -0.15) is 5.26 Å². The average molecular weight is 275 g/mol. The highest BCUT2D eigenvalue weighted by molar-refractivity contribution is 9.10. The van der Waals surface area contributed by atoms with Gasteiger partial charge >= 0.3 is 0 Å². The maximum absolute atomic E-state index is 12.1. The van der Waals surface area contributed by atoms with Gasteiger partial charge in [0.1, 0.15) is 0 Å². The summed E-state index contributed by atoms with van der Waals surface area (Å²) in [6.45, 7) is -0.346. The second kappa shape index (κ2) is 5.08. The Morgan fingerprint density at radius 2 is 2.13 bits per heavy atom. The number of rotatable bonds is 3. The molecular weight excluding hydrogens is 266 g/mol. The van der Waals surface area contributed by atoms with Gasteiger partial charge in [0.2, 0.25) is 0 Å². The summed E-state index contributed by atoms with van der Waals surface area (Å²) in [6.07, 6.45) is -2.39. The summed E-state index contributed by atoms with van der Waals surface area (Å²) in [4.78, 5) is 1.41. The smallest absolute Gasteiger partial charge is 0.255 e. The van der Waals surface area contributed by atoms with Crippen LogP contribution in [0.4, 0.5) is 14.5 Å². The predicted molar refractivity (Wildman–Crippen MR) is 58.1 cm³/mol. The Bertz CT molecular complexity index is 387. The van der Waals surface area contributed by atoms with Gasteiger partial charge in [-0.05, 0) is 18.2 Å². The van der Waals surface area contributed by atoms with E-state index in [1.54, 1.807) is 25.2 Å². The third kappa shape index (κ3) is 3.48. The van der Waals surface area contributed by atoms with Crippen molar-refractivity contribution in [2.75, 3.05) is 18.5 Å². The van der Waals surface area contributed by atoms with Crippen LogP contribution in [0.5, 0.6) is 0 Å². The highest BCUT2D eigenvalue weighted by Gasteiger charge is 2.09. The first kappa shape index (κ1) is 11.9. The fourth-order valence-corrected chi connectivity index (χ4v) is 1.65. The molecule has 0 fully saturated rings. The molecule has 0 aliphatic rings. The Balaban J connectivity index is 2.94. The largest absolute Gasteiger partial charge is 0.369 e. The fraction of sp³-hybridized carbons (Fsp3) is 0.300. The molecule has 2 nitrogen and oxygen atoms in total. The van der Waals surface area contributed by atoms with Crippen LogP contribution in [0.15, 0.2) is 22.7 Å². The summed E-state index contributed by atoms with van der Waals surface area (Å²) in [5, 5.41) is 8.71. The molecule has 0 bridgehead atoms. The standard InChI is InChI=1S/C10H9BrF2N2/c1-15(6-10(12)13)9-3-7(5-14)2-8(11)4-9/h2-4,10H,6H2,1H3. The molecule has 1 rings (SSSR count). The van der Waals surface area contributed by atoms with Crippen LogP contribution in [-0.2, 0) is 0 Å². The molecule has 80 valence electrons. The van der Waals surface area contributed by atoms with Crippen LogP contribution >= 0.6 is 15.9 Å². The van der Waals surface area contributed by atoms with Crippen LogP contribution in [0.25, 0.3) is 0 Å². The zero-order valence-electron chi connectivity index (χ0n) is 8.04. The minimum absolute atomic E-state index is 0.346. The Morgan fingerprint density at radius 1 is 1.47 bits per heavy atom. The van der Waals surface area contributed by atoms with Gasteiger partial charge in [-0.15, -0.1) is 0 Å². The van der Waals surface area contributed by atoms with Gasteiger partial charge in [0.25, 0.3) is 6.43 Å². The summed E-state index contributed by atoms with van der Waals surface area (Å²) in [5.41, 5.74) is 1.04. The van der Waals surface area contributed by atoms with Gasteiger partial charge in [0.05, 0.1) is 18.2 Å². The number of nitriles is 1. The maximum Gasteiger partial charge on any atom is 0.255 e. The van der Waals surface area contributed by atoms with Gasteiger partial charge < -0.3 is 4.90 Å². The van der Waals surface area contributed by atoms with E-state index in [0.717, 1.165) is 0 Å². The van der Waals surface area contributed by atoms with Crippen LogP contribution in [0.2, 0.25) is 0 Å². The second-order valence-electron chi connectivity index (χ2n) is 3.08.